The van der Waals surface area contributed by atoms with Crippen LogP contribution in [0.3, 0.4) is 0 Å². The zero-order chi connectivity index (χ0) is 13.5. The molecule has 2 aliphatic carbocycles. The zero-order valence-electron chi connectivity index (χ0n) is 13.2. The van der Waals surface area contributed by atoms with Crippen LogP contribution < -0.4 is 5.32 Å². The van der Waals surface area contributed by atoms with Gasteiger partial charge in [0.25, 0.3) is 0 Å². The summed E-state index contributed by atoms with van der Waals surface area (Å²) in [6.07, 6.45) is 14.2. The Hall–Kier alpha value is -0.0800. The molecule has 0 aromatic heterocycles. The Balaban J connectivity index is 1.86. The third-order valence-corrected chi connectivity index (χ3v) is 5.21. The quantitative estimate of drug-likeness (QED) is 0.783. The van der Waals surface area contributed by atoms with Gasteiger partial charge >= 0.3 is 0 Å². The highest BCUT2D eigenvalue weighted by molar-refractivity contribution is 4.87. The molecule has 1 N–H and O–H groups in total. The van der Waals surface area contributed by atoms with Gasteiger partial charge < -0.3 is 5.32 Å². The van der Waals surface area contributed by atoms with Gasteiger partial charge in [0.1, 0.15) is 0 Å². The minimum atomic E-state index is 0.788. The molecule has 0 saturated heterocycles. The molecule has 0 aromatic rings. The molecular formula is C17H34N2. The molecule has 0 bridgehead atoms. The van der Waals surface area contributed by atoms with Crippen molar-refractivity contribution in [3.8, 4) is 0 Å². The van der Waals surface area contributed by atoms with Crippen LogP contribution in [0.2, 0.25) is 0 Å². The fourth-order valence-electron chi connectivity index (χ4n) is 4.23. The SMILES string of the molecule is CCCNC1CCCC(N(CC)C2CCCCC2)C1. The number of nitrogens with one attached hydrogen (secondary N) is 1. The van der Waals surface area contributed by atoms with Gasteiger partial charge in [0, 0.05) is 18.1 Å². The summed E-state index contributed by atoms with van der Waals surface area (Å²) in [6, 6.07) is 2.54. The molecule has 2 unspecified atom stereocenters. The van der Waals surface area contributed by atoms with Crippen molar-refractivity contribution < 1.29 is 0 Å². The van der Waals surface area contributed by atoms with E-state index in [0.29, 0.717) is 0 Å². The Labute approximate surface area is 120 Å². The van der Waals surface area contributed by atoms with E-state index >= 15 is 0 Å². The molecule has 0 heterocycles. The zero-order valence-corrected chi connectivity index (χ0v) is 13.2. The van der Waals surface area contributed by atoms with Gasteiger partial charge in [-0.05, 0) is 51.6 Å². The lowest BCUT2D eigenvalue weighted by Gasteiger charge is -2.43. The normalized spacial score (nSPS) is 29.8. The standard InChI is InChI=1S/C17H34N2/c1-3-13-18-15-9-8-12-17(14-15)19(4-2)16-10-6-5-7-11-16/h15-18H,3-14H2,1-2H3. The van der Waals surface area contributed by atoms with Crippen molar-refractivity contribution in [2.24, 2.45) is 0 Å². The van der Waals surface area contributed by atoms with E-state index in [1.165, 1.54) is 77.3 Å². The first-order chi connectivity index (χ1) is 9.35. The summed E-state index contributed by atoms with van der Waals surface area (Å²) in [5, 5.41) is 3.76. The van der Waals surface area contributed by atoms with Gasteiger partial charge in [-0.3, -0.25) is 4.90 Å². The number of hydrogen-bond donors (Lipinski definition) is 1. The Kier molecular flexibility index (Phi) is 6.66. The molecule has 2 fully saturated rings. The van der Waals surface area contributed by atoms with E-state index in [4.69, 9.17) is 0 Å². The van der Waals surface area contributed by atoms with Gasteiger partial charge in [0.2, 0.25) is 0 Å². The number of nitrogens with zero attached hydrogens (tertiary/aromatic N) is 1. The topological polar surface area (TPSA) is 15.3 Å². The highest BCUT2D eigenvalue weighted by atomic mass is 15.2. The summed E-state index contributed by atoms with van der Waals surface area (Å²) >= 11 is 0. The Morgan fingerprint density at radius 2 is 1.63 bits per heavy atom. The molecule has 0 aliphatic heterocycles. The molecule has 0 spiro atoms. The van der Waals surface area contributed by atoms with Crippen molar-refractivity contribution in [3.05, 3.63) is 0 Å². The predicted octanol–water partition coefficient (Wildman–Crippen LogP) is 3.95. The van der Waals surface area contributed by atoms with E-state index in [1.54, 1.807) is 0 Å². The molecule has 2 saturated carbocycles. The van der Waals surface area contributed by atoms with Crippen LogP contribution in [0.25, 0.3) is 0 Å². The number of rotatable bonds is 6. The molecule has 0 amide bonds. The predicted molar refractivity (Wildman–Crippen MR) is 83.6 cm³/mol. The van der Waals surface area contributed by atoms with Crippen molar-refractivity contribution in [1.82, 2.24) is 10.2 Å². The smallest absolute Gasteiger partial charge is 0.0113 e. The largest absolute Gasteiger partial charge is 0.314 e. The van der Waals surface area contributed by atoms with Gasteiger partial charge in [-0.25, -0.2) is 0 Å². The Morgan fingerprint density at radius 1 is 0.895 bits per heavy atom. The van der Waals surface area contributed by atoms with E-state index in [1.807, 2.05) is 0 Å². The monoisotopic (exact) mass is 266 g/mol. The molecule has 2 atom stereocenters. The van der Waals surface area contributed by atoms with Crippen LogP contribution in [0.5, 0.6) is 0 Å². The number of hydrogen-bond acceptors (Lipinski definition) is 2. The minimum Gasteiger partial charge on any atom is -0.314 e. The van der Waals surface area contributed by atoms with Gasteiger partial charge in [-0.1, -0.05) is 39.5 Å². The summed E-state index contributed by atoms with van der Waals surface area (Å²) in [7, 11) is 0. The second-order valence-corrected chi connectivity index (χ2v) is 6.59. The van der Waals surface area contributed by atoms with Crippen molar-refractivity contribution in [2.75, 3.05) is 13.1 Å². The first kappa shape index (κ1) is 15.3. The molecule has 2 rings (SSSR count). The first-order valence-corrected chi connectivity index (χ1v) is 8.84. The molecule has 2 nitrogen and oxygen atoms in total. The molecule has 19 heavy (non-hydrogen) atoms. The summed E-state index contributed by atoms with van der Waals surface area (Å²) in [5.41, 5.74) is 0. The van der Waals surface area contributed by atoms with E-state index in [9.17, 15) is 0 Å². The van der Waals surface area contributed by atoms with Gasteiger partial charge in [0.05, 0.1) is 0 Å². The van der Waals surface area contributed by atoms with Crippen molar-refractivity contribution >= 4 is 0 Å². The lowest BCUT2D eigenvalue weighted by Crippen LogP contribution is -2.49. The highest BCUT2D eigenvalue weighted by Gasteiger charge is 2.30. The average molecular weight is 266 g/mol. The van der Waals surface area contributed by atoms with Gasteiger partial charge in [-0.2, -0.15) is 0 Å². The summed E-state index contributed by atoms with van der Waals surface area (Å²) in [6.45, 7) is 7.11. The van der Waals surface area contributed by atoms with Crippen LogP contribution in [0.1, 0.15) is 78.1 Å². The Bertz CT molecular complexity index is 235. The molecule has 112 valence electrons. The van der Waals surface area contributed by atoms with Crippen LogP contribution in [-0.4, -0.2) is 36.1 Å². The molecule has 2 aliphatic rings. The maximum Gasteiger partial charge on any atom is 0.0113 e. The molecular weight excluding hydrogens is 232 g/mol. The van der Waals surface area contributed by atoms with Crippen molar-refractivity contribution in [2.45, 2.75) is 96.2 Å². The minimum absolute atomic E-state index is 0.788. The maximum absolute atomic E-state index is 3.76. The fraction of sp³-hybridized carbons (Fsp3) is 1.00. The lowest BCUT2D eigenvalue weighted by atomic mass is 9.86. The average Bonchev–Trinajstić information content (AvgIpc) is 2.47. The second kappa shape index (κ2) is 8.26. The van der Waals surface area contributed by atoms with E-state index in [0.717, 1.165) is 18.1 Å². The van der Waals surface area contributed by atoms with Crippen LogP contribution in [-0.2, 0) is 0 Å². The summed E-state index contributed by atoms with van der Waals surface area (Å²) in [5.74, 6) is 0. The Morgan fingerprint density at radius 3 is 2.32 bits per heavy atom. The van der Waals surface area contributed by atoms with E-state index in [2.05, 4.69) is 24.1 Å². The first-order valence-electron chi connectivity index (χ1n) is 8.84. The third kappa shape index (κ3) is 4.46. The molecule has 2 heteroatoms. The van der Waals surface area contributed by atoms with Crippen LogP contribution >= 0.6 is 0 Å². The van der Waals surface area contributed by atoms with E-state index < -0.39 is 0 Å². The second-order valence-electron chi connectivity index (χ2n) is 6.59. The van der Waals surface area contributed by atoms with Crippen molar-refractivity contribution in [3.63, 3.8) is 0 Å². The summed E-state index contributed by atoms with van der Waals surface area (Å²) in [4.78, 5) is 2.86. The van der Waals surface area contributed by atoms with E-state index in [-0.39, 0.29) is 0 Å². The van der Waals surface area contributed by atoms with Gasteiger partial charge in [-0.15, -0.1) is 0 Å². The van der Waals surface area contributed by atoms with Crippen LogP contribution in [0.15, 0.2) is 0 Å². The van der Waals surface area contributed by atoms with Crippen LogP contribution in [0, 0.1) is 0 Å². The third-order valence-electron chi connectivity index (χ3n) is 5.21. The molecule has 0 radical (unpaired) electrons. The van der Waals surface area contributed by atoms with Gasteiger partial charge in [0.15, 0.2) is 0 Å². The fourth-order valence-corrected chi connectivity index (χ4v) is 4.23. The maximum atomic E-state index is 3.76. The lowest BCUT2D eigenvalue weighted by molar-refractivity contribution is 0.0777. The summed E-state index contributed by atoms with van der Waals surface area (Å²) < 4.78 is 0. The van der Waals surface area contributed by atoms with Crippen molar-refractivity contribution in [1.29, 1.82) is 0 Å². The molecule has 0 aromatic carbocycles. The highest BCUT2D eigenvalue weighted by Crippen LogP contribution is 2.30. The van der Waals surface area contributed by atoms with Crippen LogP contribution in [0.4, 0.5) is 0 Å².